The first-order valence-electron chi connectivity index (χ1n) is 17.3. The van der Waals surface area contributed by atoms with Crippen LogP contribution in [0.4, 0.5) is 0 Å². The zero-order valence-corrected chi connectivity index (χ0v) is 29.0. The molecule has 0 amide bonds. The number of aliphatic hydroxyl groups excluding tert-OH is 6. The molecule has 5 fully saturated rings. The van der Waals surface area contributed by atoms with E-state index in [1.54, 1.807) is 0 Å². The van der Waals surface area contributed by atoms with Crippen molar-refractivity contribution >= 4 is 0 Å². The van der Waals surface area contributed by atoms with Crippen LogP contribution in [0, 0.1) is 45.3 Å². The van der Waals surface area contributed by atoms with Crippen LogP contribution in [-0.2, 0) is 9.47 Å². The molecule has 0 bridgehead atoms. The molecule has 1 aliphatic heterocycles. The van der Waals surface area contributed by atoms with Crippen LogP contribution in [0.25, 0.3) is 0 Å². The quantitative estimate of drug-likeness (QED) is 0.230. The van der Waals surface area contributed by atoms with E-state index in [0.29, 0.717) is 18.3 Å². The Bertz CT molecular complexity index is 1070. The van der Waals surface area contributed by atoms with Crippen molar-refractivity contribution in [2.24, 2.45) is 45.3 Å². The lowest BCUT2D eigenvalue weighted by atomic mass is 9.35. The smallest absolute Gasteiger partial charge is 0.187 e. The first-order valence-corrected chi connectivity index (χ1v) is 17.3. The zero-order valence-electron chi connectivity index (χ0n) is 29.0. The van der Waals surface area contributed by atoms with E-state index in [2.05, 4.69) is 61.5 Å². The molecule has 8 N–H and O–H groups in total. The maximum absolute atomic E-state index is 12.2. The largest absolute Gasteiger partial charge is 0.412 e. The summed E-state index contributed by atoms with van der Waals surface area (Å²) in [6, 6.07) is 0. The van der Waals surface area contributed by atoms with Crippen LogP contribution >= 0.6 is 0 Å². The van der Waals surface area contributed by atoms with Crippen LogP contribution in [0.3, 0.4) is 0 Å². The van der Waals surface area contributed by atoms with Crippen molar-refractivity contribution in [2.45, 2.75) is 162 Å². The topological polar surface area (TPSA) is 171 Å². The van der Waals surface area contributed by atoms with E-state index in [1.165, 1.54) is 5.57 Å². The molecule has 15 atom stereocenters. The van der Waals surface area contributed by atoms with Crippen molar-refractivity contribution in [3.8, 4) is 0 Å². The third-order valence-electron chi connectivity index (χ3n) is 14.6. The number of hydrogen-bond acceptors (Lipinski definition) is 8. The van der Waals surface area contributed by atoms with Crippen LogP contribution in [0.5, 0.6) is 0 Å². The molecular weight excluding hydrogens is 576 g/mol. The van der Waals surface area contributed by atoms with Gasteiger partial charge in [-0.1, -0.05) is 46.3 Å². The molecule has 1 heterocycles. The van der Waals surface area contributed by atoms with Gasteiger partial charge in [-0.25, -0.2) is 0 Å². The minimum atomic E-state index is -1.50. The van der Waals surface area contributed by atoms with Crippen molar-refractivity contribution in [2.75, 3.05) is 6.61 Å². The standard InChI is InChI=1S/C36H62O8.H2O/c1-20(2)10-9-14-36(8,44-31-30(42)29(41)28(40)23(19-37)43-31)21-11-16-35(7)27(21)22(38)18-25-33(5)15-13-26(39)32(3,4)24(33)12-17-34(25,35)6;/h10,21-31,37-42H,9,11-19H2,1-8H3;1H2/t21?,22-,23-,24+,25?,26+,27?,28-,29+,30-,31+,33+,34-,35-,36+;/m1./s1. The first kappa shape index (κ1) is 37.2. The van der Waals surface area contributed by atoms with Gasteiger partial charge in [-0.15, -0.1) is 0 Å². The summed E-state index contributed by atoms with van der Waals surface area (Å²) in [6.07, 6.45) is 2.60. The highest BCUT2D eigenvalue weighted by atomic mass is 16.7. The van der Waals surface area contributed by atoms with Gasteiger partial charge in [-0.2, -0.15) is 0 Å². The van der Waals surface area contributed by atoms with Gasteiger partial charge in [-0.05, 0) is 124 Å². The summed E-state index contributed by atoms with van der Waals surface area (Å²) in [5.74, 6) is 0.713. The maximum Gasteiger partial charge on any atom is 0.187 e. The lowest BCUT2D eigenvalue weighted by molar-refractivity contribution is -0.336. The zero-order chi connectivity index (χ0) is 32.6. The molecule has 4 saturated carbocycles. The Morgan fingerprint density at radius 1 is 0.867 bits per heavy atom. The molecule has 262 valence electrons. The van der Waals surface area contributed by atoms with Crippen LogP contribution in [-0.4, -0.2) is 91.2 Å². The lowest BCUT2D eigenvalue weighted by Crippen LogP contribution is -2.67. The van der Waals surface area contributed by atoms with Gasteiger partial charge < -0.3 is 45.6 Å². The van der Waals surface area contributed by atoms with E-state index in [1.807, 2.05) is 0 Å². The van der Waals surface area contributed by atoms with Gasteiger partial charge in [0, 0.05) is 0 Å². The van der Waals surface area contributed by atoms with E-state index >= 15 is 0 Å². The van der Waals surface area contributed by atoms with Gasteiger partial charge in [0.05, 0.1) is 24.4 Å². The van der Waals surface area contributed by atoms with Gasteiger partial charge in [-0.3, -0.25) is 0 Å². The minimum Gasteiger partial charge on any atom is -0.412 e. The molecule has 0 aromatic heterocycles. The Hall–Kier alpha value is -0.620. The summed E-state index contributed by atoms with van der Waals surface area (Å²) in [5, 5.41) is 65.0. The average Bonchev–Trinajstić information content (AvgIpc) is 3.33. The number of hydrogen-bond donors (Lipinski definition) is 6. The van der Waals surface area contributed by atoms with Gasteiger partial charge in [0.15, 0.2) is 6.29 Å². The van der Waals surface area contributed by atoms with Crippen LogP contribution in [0.1, 0.15) is 113 Å². The molecule has 0 spiro atoms. The van der Waals surface area contributed by atoms with Crippen molar-refractivity contribution in [1.82, 2.24) is 0 Å². The molecule has 9 nitrogen and oxygen atoms in total. The predicted octanol–water partition coefficient (Wildman–Crippen LogP) is 3.50. The summed E-state index contributed by atoms with van der Waals surface area (Å²) < 4.78 is 12.6. The number of rotatable bonds is 7. The third kappa shape index (κ3) is 5.68. The van der Waals surface area contributed by atoms with Crippen molar-refractivity contribution < 1.29 is 45.6 Å². The van der Waals surface area contributed by atoms with E-state index in [-0.39, 0.29) is 45.1 Å². The molecule has 3 unspecified atom stereocenters. The van der Waals surface area contributed by atoms with Gasteiger partial charge in [0.1, 0.15) is 24.4 Å². The fourth-order valence-corrected chi connectivity index (χ4v) is 11.8. The molecule has 4 aliphatic carbocycles. The number of aliphatic hydroxyl groups is 6. The van der Waals surface area contributed by atoms with Crippen LogP contribution in [0.15, 0.2) is 11.6 Å². The Kier molecular flexibility index (Phi) is 10.5. The van der Waals surface area contributed by atoms with Gasteiger partial charge >= 0.3 is 0 Å². The molecule has 0 aromatic carbocycles. The third-order valence-corrected chi connectivity index (χ3v) is 14.6. The Morgan fingerprint density at radius 3 is 2.13 bits per heavy atom. The Labute approximate surface area is 270 Å². The van der Waals surface area contributed by atoms with Gasteiger partial charge in [0.2, 0.25) is 0 Å². The summed E-state index contributed by atoms with van der Waals surface area (Å²) >= 11 is 0. The van der Waals surface area contributed by atoms with Crippen LogP contribution < -0.4 is 0 Å². The second-order valence-electron chi connectivity index (χ2n) is 17.3. The SMILES string of the molecule is CC(C)=CCC[C@](C)(O[C@@H]1O[C@H](CO)[C@@H](O)[C@H](O)[C@H]1O)C1CC[C@]2(C)C1[C@H](O)CC1[C@@]3(C)CC[C@H](O)C(C)(C)[C@@H]3CC[C@]12C.O. The predicted molar refractivity (Wildman–Crippen MR) is 172 cm³/mol. The van der Waals surface area contributed by atoms with E-state index < -0.39 is 49.0 Å². The molecule has 1 saturated heterocycles. The average molecular weight is 641 g/mol. The first-order chi connectivity index (χ1) is 20.4. The number of allylic oxidation sites excluding steroid dienone is 2. The summed E-state index contributed by atoms with van der Waals surface area (Å²) in [5.41, 5.74) is 0.171. The highest BCUT2D eigenvalue weighted by molar-refractivity contribution is 5.20. The normalized spacial score (nSPS) is 50.3. The summed E-state index contributed by atoms with van der Waals surface area (Å²) in [7, 11) is 0. The van der Waals surface area contributed by atoms with E-state index in [0.717, 1.165) is 51.4 Å². The van der Waals surface area contributed by atoms with Crippen molar-refractivity contribution in [1.29, 1.82) is 0 Å². The van der Waals surface area contributed by atoms with E-state index in [4.69, 9.17) is 9.47 Å². The second-order valence-corrected chi connectivity index (χ2v) is 17.3. The molecule has 0 aromatic rings. The maximum atomic E-state index is 12.2. The Balaban J connectivity index is 0.00000461. The fraction of sp³-hybridized carbons (Fsp3) is 0.944. The fourth-order valence-electron chi connectivity index (χ4n) is 11.8. The highest BCUT2D eigenvalue weighted by Crippen LogP contribution is 2.76. The van der Waals surface area contributed by atoms with Crippen molar-refractivity contribution in [3.63, 3.8) is 0 Å². The minimum absolute atomic E-state index is 0. The molecule has 45 heavy (non-hydrogen) atoms. The summed E-state index contributed by atoms with van der Waals surface area (Å²) in [4.78, 5) is 0. The van der Waals surface area contributed by atoms with Gasteiger partial charge in [0.25, 0.3) is 0 Å². The Morgan fingerprint density at radius 2 is 1.51 bits per heavy atom. The monoisotopic (exact) mass is 640 g/mol. The molecule has 9 heteroatoms. The molecule has 5 rings (SSSR count). The number of fused-ring (bicyclic) bond motifs is 5. The van der Waals surface area contributed by atoms with E-state index in [9.17, 15) is 30.6 Å². The molecule has 0 radical (unpaired) electrons. The van der Waals surface area contributed by atoms with Crippen LogP contribution in [0.2, 0.25) is 0 Å². The highest BCUT2D eigenvalue weighted by Gasteiger charge is 2.71. The molecule has 5 aliphatic rings. The molecular formula is C36H64O9. The number of ether oxygens (including phenoxy) is 2. The lowest BCUT2D eigenvalue weighted by Gasteiger charge is -2.70. The summed E-state index contributed by atoms with van der Waals surface area (Å²) in [6.45, 7) is 17.5. The van der Waals surface area contributed by atoms with Crippen molar-refractivity contribution in [3.05, 3.63) is 11.6 Å². The second kappa shape index (κ2) is 12.7.